The summed E-state index contributed by atoms with van der Waals surface area (Å²) in [5, 5.41) is 7.77. The molecule has 23 heavy (non-hydrogen) atoms. The van der Waals surface area contributed by atoms with Crippen LogP contribution in [0.4, 0.5) is 0 Å². The van der Waals surface area contributed by atoms with Gasteiger partial charge in [-0.05, 0) is 51.5 Å². The molecule has 1 N–H and O–H groups in total. The molecule has 0 aliphatic carbocycles. The van der Waals surface area contributed by atoms with Crippen molar-refractivity contribution in [1.29, 1.82) is 0 Å². The SMILES string of the molecule is Cc1cc([C@@H](C)N[C@H](C)c2ccc(-n3cncn3)cc2)c(C)o1. The largest absolute Gasteiger partial charge is 0.466 e. The first-order chi connectivity index (χ1) is 11.0. The highest BCUT2D eigenvalue weighted by Crippen LogP contribution is 2.24. The van der Waals surface area contributed by atoms with Crippen molar-refractivity contribution in [3.63, 3.8) is 0 Å². The van der Waals surface area contributed by atoms with Crippen molar-refractivity contribution in [3.05, 3.63) is 65.6 Å². The standard InChI is InChI=1S/C18H22N4O/c1-12-9-18(15(4)23-12)14(3)21-13(2)16-5-7-17(8-6-16)22-11-19-10-20-22/h5-11,13-14,21H,1-4H3/t13-,14-/m1/s1. The molecule has 120 valence electrons. The molecule has 0 bridgehead atoms. The van der Waals surface area contributed by atoms with Gasteiger partial charge in [0.2, 0.25) is 0 Å². The van der Waals surface area contributed by atoms with Gasteiger partial charge in [0.05, 0.1) is 5.69 Å². The van der Waals surface area contributed by atoms with E-state index in [0.29, 0.717) is 0 Å². The van der Waals surface area contributed by atoms with Crippen LogP contribution in [-0.4, -0.2) is 14.8 Å². The smallest absolute Gasteiger partial charge is 0.138 e. The predicted octanol–water partition coefficient (Wildman–Crippen LogP) is 3.89. The van der Waals surface area contributed by atoms with Crippen LogP contribution in [0, 0.1) is 13.8 Å². The van der Waals surface area contributed by atoms with Gasteiger partial charge in [0.25, 0.3) is 0 Å². The predicted molar refractivity (Wildman–Crippen MR) is 89.5 cm³/mol. The first-order valence-corrected chi connectivity index (χ1v) is 7.82. The maximum atomic E-state index is 5.62. The Balaban J connectivity index is 1.70. The van der Waals surface area contributed by atoms with E-state index in [1.165, 1.54) is 17.5 Å². The third kappa shape index (κ3) is 3.35. The van der Waals surface area contributed by atoms with Crippen LogP contribution in [0.2, 0.25) is 0 Å². The van der Waals surface area contributed by atoms with Crippen LogP contribution in [-0.2, 0) is 0 Å². The summed E-state index contributed by atoms with van der Waals surface area (Å²) in [6.45, 7) is 8.33. The quantitative estimate of drug-likeness (QED) is 0.777. The highest BCUT2D eigenvalue weighted by atomic mass is 16.3. The number of furan rings is 1. The molecule has 3 aromatic rings. The highest BCUT2D eigenvalue weighted by molar-refractivity contribution is 5.34. The number of nitrogens with zero attached hydrogens (tertiary/aromatic N) is 3. The van der Waals surface area contributed by atoms with E-state index in [1.807, 2.05) is 13.8 Å². The average molecular weight is 310 g/mol. The van der Waals surface area contributed by atoms with Crippen molar-refractivity contribution in [2.45, 2.75) is 39.8 Å². The van der Waals surface area contributed by atoms with Crippen LogP contribution in [0.3, 0.4) is 0 Å². The molecule has 0 fully saturated rings. The summed E-state index contributed by atoms with van der Waals surface area (Å²) in [7, 11) is 0. The van der Waals surface area contributed by atoms with Gasteiger partial charge in [0.15, 0.2) is 0 Å². The molecule has 0 aliphatic heterocycles. The lowest BCUT2D eigenvalue weighted by molar-refractivity contribution is 0.469. The fraction of sp³-hybridized carbons (Fsp3) is 0.333. The second-order valence-electron chi connectivity index (χ2n) is 5.91. The Bertz CT molecular complexity index is 759. The van der Waals surface area contributed by atoms with Gasteiger partial charge in [0, 0.05) is 17.6 Å². The summed E-state index contributed by atoms with van der Waals surface area (Å²) >= 11 is 0. The molecule has 2 aromatic heterocycles. The molecule has 0 aliphatic rings. The van der Waals surface area contributed by atoms with Gasteiger partial charge in [-0.1, -0.05) is 12.1 Å². The molecule has 0 unspecified atom stereocenters. The number of nitrogens with one attached hydrogen (secondary N) is 1. The fourth-order valence-corrected chi connectivity index (χ4v) is 2.90. The first-order valence-electron chi connectivity index (χ1n) is 7.82. The molecule has 0 spiro atoms. The van der Waals surface area contributed by atoms with Gasteiger partial charge in [0.1, 0.15) is 24.2 Å². The van der Waals surface area contributed by atoms with Crippen molar-refractivity contribution in [2.24, 2.45) is 0 Å². The van der Waals surface area contributed by atoms with Gasteiger partial charge >= 0.3 is 0 Å². The summed E-state index contributed by atoms with van der Waals surface area (Å²) in [6, 6.07) is 10.9. The Morgan fingerprint density at radius 3 is 2.39 bits per heavy atom. The monoisotopic (exact) mass is 310 g/mol. The van der Waals surface area contributed by atoms with Crippen LogP contribution in [0.15, 0.2) is 47.4 Å². The summed E-state index contributed by atoms with van der Waals surface area (Å²) in [4.78, 5) is 3.97. The minimum atomic E-state index is 0.234. The van der Waals surface area contributed by atoms with E-state index in [0.717, 1.165) is 17.2 Å². The lowest BCUT2D eigenvalue weighted by Crippen LogP contribution is -2.22. The summed E-state index contributed by atoms with van der Waals surface area (Å²) in [6.07, 6.45) is 3.23. The van der Waals surface area contributed by atoms with Crippen molar-refractivity contribution < 1.29 is 4.42 Å². The van der Waals surface area contributed by atoms with Crippen LogP contribution in [0.1, 0.15) is 48.6 Å². The molecule has 3 rings (SSSR count). The zero-order valence-electron chi connectivity index (χ0n) is 13.9. The Morgan fingerprint density at radius 1 is 1.09 bits per heavy atom. The molecule has 5 heteroatoms. The topological polar surface area (TPSA) is 55.9 Å². The number of aryl methyl sites for hydroxylation is 2. The molecule has 2 atom stereocenters. The first kappa shape index (κ1) is 15.5. The summed E-state index contributed by atoms with van der Waals surface area (Å²) < 4.78 is 7.38. The second kappa shape index (κ2) is 6.38. The maximum Gasteiger partial charge on any atom is 0.138 e. The van der Waals surface area contributed by atoms with Gasteiger partial charge in [-0.25, -0.2) is 9.67 Å². The number of benzene rings is 1. The normalized spacial score (nSPS) is 13.9. The van der Waals surface area contributed by atoms with Crippen LogP contribution in [0.25, 0.3) is 5.69 Å². The third-order valence-corrected chi connectivity index (χ3v) is 4.12. The minimum Gasteiger partial charge on any atom is -0.466 e. The molecule has 0 saturated carbocycles. The summed E-state index contributed by atoms with van der Waals surface area (Å²) in [5.41, 5.74) is 3.46. The zero-order valence-corrected chi connectivity index (χ0v) is 13.9. The molecular weight excluding hydrogens is 288 g/mol. The third-order valence-electron chi connectivity index (χ3n) is 4.12. The van der Waals surface area contributed by atoms with Crippen molar-refractivity contribution in [1.82, 2.24) is 20.1 Å². The molecule has 0 saturated heterocycles. The number of aromatic nitrogens is 3. The van der Waals surface area contributed by atoms with Crippen molar-refractivity contribution in [3.8, 4) is 5.69 Å². The Kier molecular flexibility index (Phi) is 4.30. The van der Waals surface area contributed by atoms with Crippen LogP contribution >= 0.6 is 0 Å². The number of hydrogen-bond donors (Lipinski definition) is 1. The lowest BCUT2D eigenvalue weighted by atomic mass is 10.0. The van der Waals surface area contributed by atoms with E-state index in [9.17, 15) is 0 Å². The van der Waals surface area contributed by atoms with Gasteiger partial charge in [-0.3, -0.25) is 0 Å². The Labute approximate surface area is 136 Å². The zero-order chi connectivity index (χ0) is 16.4. The van der Waals surface area contributed by atoms with Gasteiger partial charge in [-0.15, -0.1) is 0 Å². The van der Waals surface area contributed by atoms with E-state index >= 15 is 0 Å². The molecular formula is C18H22N4O. The molecule has 0 amide bonds. The number of hydrogen-bond acceptors (Lipinski definition) is 4. The van der Waals surface area contributed by atoms with Crippen molar-refractivity contribution >= 4 is 0 Å². The van der Waals surface area contributed by atoms with Crippen molar-refractivity contribution in [2.75, 3.05) is 0 Å². The molecule has 5 nitrogen and oxygen atoms in total. The van der Waals surface area contributed by atoms with Gasteiger partial charge < -0.3 is 9.73 Å². The average Bonchev–Trinajstić information content (AvgIpc) is 3.17. The molecule has 1 aromatic carbocycles. The Morgan fingerprint density at radius 2 is 1.83 bits per heavy atom. The van der Waals surface area contributed by atoms with E-state index in [-0.39, 0.29) is 12.1 Å². The minimum absolute atomic E-state index is 0.234. The lowest BCUT2D eigenvalue weighted by Gasteiger charge is -2.20. The fourth-order valence-electron chi connectivity index (χ4n) is 2.90. The summed E-state index contributed by atoms with van der Waals surface area (Å²) in [5.74, 6) is 1.94. The maximum absolute atomic E-state index is 5.62. The van der Waals surface area contributed by atoms with Crippen LogP contribution in [0.5, 0.6) is 0 Å². The second-order valence-corrected chi connectivity index (χ2v) is 5.91. The van der Waals surface area contributed by atoms with E-state index in [1.54, 1.807) is 11.0 Å². The highest BCUT2D eigenvalue weighted by Gasteiger charge is 2.15. The molecule has 0 radical (unpaired) electrons. The Hall–Kier alpha value is -2.40. The van der Waals surface area contributed by atoms with E-state index in [2.05, 4.69) is 59.6 Å². The van der Waals surface area contributed by atoms with E-state index in [4.69, 9.17) is 4.42 Å². The number of rotatable bonds is 5. The van der Waals surface area contributed by atoms with Crippen LogP contribution < -0.4 is 5.32 Å². The van der Waals surface area contributed by atoms with Gasteiger partial charge in [-0.2, -0.15) is 5.10 Å². The molecule has 2 heterocycles. The van der Waals surface area contributed by atoms with E-state index < -0.39 is 0 Å².